The molecule has 1 aromatic carbocycles. The first-order chi connectivity index (χ1) is 6.72. The maximum absolute atomic E-state index is 13.5. The zero-order chi connectivity index (χ0) is 11.8. The molecule has 4 N–H and O–H groups in total. The monoisotopic (exact) mass is 277 g/mol. The minimum atomic E-state index is -0.591. The minimum absolute atomic E-state index is 0.151. The first kappa shape index (κ1) is 12.3. The van der Waals surface area contributed by atoms with E-state index in [2.05, 4.69) is 15.9 Å². The van der Waals surface area contributed by atoms with Gasteiger partial charge in [0.1, 0.15) is 5.82 Å². The summed E-state index contributed by atoms with van der Waals surface area (Å²) in [6, 6.07) is 0.876. The molecule has 1 aromatic rings. The van der Waals surface area contributed by atoms with Gasteiger partial charge in [0, 0.05) is 17.2 Å². The Labute approximate surface area is 95.9 Å². The summed E-state index contributed by atoms with van der Waals surface area (Å²) in [5, 5.41) is 18.6. The molecule has 0 bridgehead atoms. The Morgan fingerprint density at radius 2 is 2.00 bits per heavy atom. The smallest absolute Gasteiger partial charge is 0.172 e. The first-order valence-corrected chi connectivity index (χ1v) is 5.19. The maximum Gasteiger partial charge on any atom is 0.172 e. The Balaban J connectivity index is 3.24. The Morgan fingerprint density at radius 3 is 2.47 bits per heavy atom. The van der Waals surface area contributed by atoms with Crippen molar-refractivity contribution in [2.24, 2.45) is 5.73 Å². The summed E-state index contributed by atoms with van der Waals surface area (Å²) in [4.78, 5) is 0. The number of phenols is 2. The average molecular weight is 278 g/mol. The molecular formula is C10H13BrFNO2. The third-order valence-electron chi connectivity index (χ3n) is 1.90. The Bertz CT molecular complexity index is 388. The summed E-state index contributed by atoms with van der Waals surface area (Å²) in [7, 11) is 0. The third kappa shape index (κ3) is 2.82. The van der Waals surface area contributed by atoms with Crippen molar-refractivity contribution < 1.29 is 14.6 Å². The highest BCUT2D eigenvalue weighted by molar-refractivity contribution is 9.10. The lowest BCUT2D eigenvalue weighted by Gasteiger charge is -2.20. The highest BCUT2D eigenvalue weighted by atomic mass is 79.9. The number of phenolic OH excluding ortho intramolecular Hbond substituents is 2. The third-order valence-corrected chi connectivity index (χ3v) is 2.75. The van der Waals surface area contributed by atoms with E-state index in [1.54, 1.807) is 13.8 Å². The van der Waals surface area contributed by atoms with Crippen molar-refractivity contribution in [2.75, 3.05) is 0 Å². The number of halogens is 2. The fourth-order valence-corrected chi connectivity index (χ4v) is 1.79. The highest BCUT2D eigenvalue weighted by Crippen LogP contribution is 2.38. The fourth-order valence-electron chi connectivity index (χ4n) is 1.25. The van der Waals surface area contributed by atoms with Gasteiger partial charge in [-0.15, -0.1) is 0 Å². The molecule has 84 valence electrons. The lowest BCUT2D eigenvalue weighted by molar-refractivity contribution is 0.393. The molecule has 0 aliphatic carbocycles. The summed E-state index contributed by atoms with van der Waals surface area (Å²) in [6.45, 7) is 3.51. The highest BCUT2D eigenvalue weighted by Gasteiger charge is 2.21. The summed E-state index contributed by atoms with van der Waals surface area (Å²) >= 11 is 3.03. The molecule has 0 saturated heterocycles. The van der Waals surface area contributed by atoms with Crippen LogP contribution in [-0.2, 0) is 6.42 Å². The van der Waals surface area contributed by atoms with Gasteiger partial charge in [-0.3, -0.25) is 0 Å². The molecule has 0 radical (unpaired) electrons. The number of nitrogens with two attached hydrogens (primary N) is 1. The van der Waals surface area contributed by atoms with Gasteiger partial charge in [-0.25, -0.2) is 4.39 Å². The molecule has 0 fully saturated rings. The second-order valence-corrected chi connectivity index (χ2v) is 4.98. The van der Waals surface area contributed by atoms with Crippen molar-refractivity contribution in [1.82, 2.24) is 0 Å². The second kappa shape index (κ2) is 3.98. The molecule has 3 nitrogen and oxygen atoms in total. The van der Waals surface area contributed by atoms with E-state index < -0.39 is 17.1 Å². The van der Waals surface area contributed by atoms with E-state index in [4.69, 9.17) is 10.8 Å². The van der Waals surface area contributed by atoms with E-state index in [1.807, 2.05) is 0 Å². The SMILES string of the molecule is CC(C)(N)Cc1c(F)cc(O)c(O)c1Br. The molecular weight excluding hydrogens is 265 g/mol. The molecule has 15 heavy (non-hydrogen) atoms. The molecule has 1 rings (SSSR count). The lowest BCUT2D eigenvalue weighted by Crippen LogP contribution is -2.34. The van der Waals surface area contributed by atoms with Crippen LogP contribution in [-0.4, -0.2) is 15.8 Å². The van der Waals surface area contributed by atoms with Crippen molar-refractivity contribution in [3.05, 3.63) is 21.9 Å². The standard InChI is InChI=1S/C10H13BrFNO2/c1-10(2,13)4-5-6(12)3-7(14)9(15)8(5)11/h3,14-15H,4,13H2,1-2H3. The van der Waals surface area contributed by atoms with Gasteiger partial charge in [-0.2, -0.15) is 0 Å². The summed E-state index contributed by atoms with van der Waals surface area (Å²) < 4.78 is 13.6. The molecule has 0 aromatic heterocycles. The Kier molecular flexibility index (Phi) is 3.25. The summed E-state index contributed by atoms with van der Waals surface area (Å²) in [6.07, 6.45) is 0.257. The molecule has 0 amide bonds. The number of benzene rings is 1. The van der Waals surface area contributed by atoms with Crippen molar-refractivity contribution in [2.45, 2.75) is 25.8 Å². The van der Waals surface area contributed by atoms with Crippen LogP contribution in [0.4, 0.5) is 4.39 Å². The summed E-state index contributed by atoms with van der Waals surface area (Å²) in [5.41, 5.74) is 5.43. The van der Waals surface area contributed by atoms with Crippen LogP contribution in [0, 0.1) is 5.82 Å². The topological polar surface area (TPSA) is 66.5 Å². The maximum atomic E-state index is 13.5. The molecule has 0 saturated carbocycles. The number of rotatable bonds is 2. The molecule has 0 unspecified atom stereocenters. The van der Waals surface area contributed by atoms with Gasteiger partial charge in [0.05, 0.1) is 4.47 Å². The van der Waals surface area contributed by atoms with E-state index in [-0.39, 0.29) is 22.2 Å². The molecule has 0 spiro atoms. The Morgan fingerprint density at radius 1 is 1.47 bits per heavy atom. The van der Waals surface area contributed by atoms with Crippen molar-refractivity contribution >= 4 is 15.9 Å². The first-order valence-electron chi connectivity index (χ1n) is 4.40. The van der Waals surface area contributed by atoms with Crippen LogP contribution in [0.2, 0.25) is 0 Å². The van der Waals surface area contributed by atoms with Gasteiger partial charge in [0.25, 0.3) is 0 Å². The van der Waals surface area contributed by atoms with E-state index in [9.17, 15) is 9.50 Å². The quantitative estimate of drug-likeness (QED) is 0.727. The zero-order valence-electron chi connectivity index (χ0n) is 8.51. The molecule has 0 aliphatic rings. The number of hydrogen-bond donors (Lipinski definition) is 3. The van der Waals surface area contributed by atoms with Gasteiger partial charge in [-0.1, -0.05) is 0 Å². The molecule has 5 heteroatoms. The Hall–Kier alpha value is -0.810. The van der Waals surface area contributed by atoms with E-state index in [1.165, 1.54) is 0 Å². The van der Waals surface area contributed by atoms with E-state index in [0.29, 0.717) is 0 Å². The second-order valence-electron chi connectivity index (χ2n) is 4.18. The minimum Gasteiger partial charge on any atom is -0.504 e. The zero-order valence-corrected chi connectivity index (χ0v) is 10.1. The van der Waals surface area contributed by atoms with Crippen LogP contribution >= 0.6 is 15.9 Å². The van der Waals surface area contributed by atoms with Crippen molar-refractivity contribution in [1.29, 1.82) is 0 Å². The number of hydrogen-bond acceptors (Lipinski definition) is 3. The van der Waals surface area contributed by atoms with E-state index >= 15 is 0 Å². The largest absolute Gasteiger partial charge is 0.504 e. The lowest BCUT2D eigenvalue weighted by atomic mass is 9.95. The van der Waals surface area contributed by atoms with Crippen molar-refractivity contribution in [3.8, 4) is 11.5 Å². The van der Waals surface area contributed by atoms with Crippen molar-refractivity contribution in [3.63, 3.8) is 0 Å². The van der Waals surface area contributed by atoms with Crippen LogP contribution in [0.1, 0.15) is 19.4 Å². The predicted octanol–water partition coefficient (Wildman–Crippen LogP) is 2.28. The molecule has 0 atom stereocenters. The van der Waals surface area contributed by atoms with Crippen LogP contribution in [0.15, 0.2) is 10.5 Å². The molecule has 0 aliphatic heterocycles. The van der Waals surface area contributed by atoms with Gasteiger partial charge < -0.3 is 15.9 Å². The molecule has 0 heterocycles. The summed E-state index contributed by atoms with van der Waals surface area (Å²) in [5.74, 6) is -1.44. The van der Waals surface area contributed by atoms with Crippen LogP contribution in [0.5, 0.6) is 11.5 Å². The normalized spacial score (nSPS) is 11.8. The average Bonchev–Trinajstić information content (AvgIpc) is 2.07. The van der Waals surface area contributed by atoms with E-state index in [0.717, 1.165) is 6.07 Å². The van der Waals surface area contributed by atoms with Gasteiger partial charge in [0.15, 0.2) is 11.5 Å². The van der Waals surface area contributed by atoms with Gasteiger partial charge in [0.2, 0.25) is 0 Å². The number of aromatic hydroxyl groups is 2. The van der Waals surface area contributed by atoms with Gasteiger partial charge in [-0.05, 0) is 36.2 Å². The van der Waals surface area contributed by atoms with Crippen LogP contribution in [0.3, 0.4) is 0 Å². The van der Waals surface area contributed by atoms with Crippen LogP contribution < -0.4 is 5.73 Å². The van der Waals surface area contributed by atoms with Crippen LogP contribution in [0.25, 0.3) is 0 Å². The van der Waals surface area contributed by atoms with Gasteiger partial charge >= 0.3 is 0 Å². The predicted molar refractivity (Wildman–Crippen MR) is 59.4 cm³/mol. The fraction of sp³-hybridized carbons (Fsp3) is 0.400.